The number of benzene rings is 4. The Labute approximate surface area is 171 Å². The van der Waals surface area contributed by atoms with Gasteiger partial charge in [-0.3, -0.25) is 0 Å². The Kier molecular flexibility index (Phi) is 5.04. The molecule has 0 aliphatic carbocycles. The molecule has 0 unspecified atom stereocenters. The van der Waals surface area contributed by atoms with Crippen LogP contribution in [0.4, 0.5) is 0 Å². The number of aromatic nitrogens is 1. The predicted molar refractivity (Wildman–Crippen MR) is 119 cm³/mol. The van der Waals surface area contributed by atoms with Crippen molar-refractivity contribution < 1.29 is 10.2 Å². The predicted octanol–water partition coefficient (Wildman–Crippen LogP) is 6.85. The lowest BCUT2D eigenvalue weighted by Gasteiger charge is -2.03. The molecule has 5 aromatic rings. The number of hydrogen-bond donors (Lipinski definition) is 3. The molecule has 0 radical (unpaired) electrons. The third-order valence-electron chi connectivity index (χ3n) is 4.54. The molecule has 4 heteroatoms. The van der Waals surface area contributed by atoms with Crippen LogP contribution in [0, 0.1) is 0 Å². The molecule has 0 saturated carbocycles. The van der Waals surface area contributed by atoms with Gasteiger partial charge in [-0.15, -0.1) is 0 Å². The summed E-state index contributed by atoms with van der Waals surface area (Å²) in [6, 6.07) is 29.1. The second-order valence-electron chi connectivity index (χ2n) is 6.43. The summed E-state index contributed by atoms with van der Waals surface area (Å²) in [6.45, 7) is 0. The second-order valence-corrected chi connectivity index (χ2v) is 7.29. The lowest BCUT2D eigenvalue weighted by atomic mass is 10.1. The van der Waals surface area contributed by atoms with Gasteiger partial charge in [0.25, 0.3) is 0 Å². The fourth-order valence-corrected chi connectivity index (χ4v) is 3.54. The molecule has 1 aromatic heterocycles. The zero-order valence-corrected chi connectivity index (χ0v) is 16.5. The van der Waals surface area contributed by atoms with Gasteiger partial charge in [0.15, 0.2) is 0 Å². The lowest BCUT2D eigenvalue weighted by molar-refractivity contribution is 0.472. The summed E-state index contributed by atoms with van der Waals surface area (Å²) in [5.41, 5.74) is 4.32. The number of phenolic OH excluding ortho intramolecular Hbond substituents is 2. The van der Waals surface area contributed by atoms with Crippen LogP contribution in [0.15, 0.2) is 95.5 Å². The first kappa shape index (κ1) is 18.1. The van der Waals surface area contributed by atoms with Crippen molar-refractivity contribution in [1.29, 1.82) is 0 Å². The summed E-state index contributed by atoms with van der Waals surface area (Å²) in [5.74, 6) is 0.564. The minimum absolute atomic E-state index is 0.268. The molecule has 3 N–H and O–H groups in total. The molecule has 0 aliphatic rings. The molecule has 4 aromatic carbocycles. The summed E-state index contributed by atoms with van der Waals surface area (Å²) in [4.78, 5) is 3.26. The number of hydrogen-bond acceptors (Lipinski definition) is 2. The second kappa shape index (κ2) is 7.79. The summed E-state index contributed by atoms with van der Waals surface area (Å²) in [7, 11) is 0. The Bertz CT molecular complexity index is 1250. The van der Waals surface area contributed by atoms with Crippen LogP contribution in [0.1, 0.15) is 0 Å². The van der Waals surface area contributed by atoms with Crippen molar-refractivity contribution >= 4 is 37.7 Å². The summed E-state index contributed by atoms with van der Waals surface area (Å²) >= 11 is 3.29. The lowest BCUT2D eigenvalue weighted by Crippen LogP contribution is -1.77. The first-order valence-corrected chi connectivity index (χ1v) is 9.64. The van der Waals surface area contributed by atoms with E-state index in [0.717, 1.165) is 32.0 Å². The number of halogens is 1. The van der Waals surface area contributed by atoms with E-state index in [2.05, 4.69) is 27.0 Å². The van der Waals surface area contributed by atoms with Gasteiger partial charge in [0, 0.05) is 22.4 Å². The van der Waals surface area contributed by atoms with Crippen LogP contribution >= 0.6 is 15.9 Å². The monoisotopic (exact) mass is 431 g/mol. The van der Waals surface area contributed by atoms with Crippen LogP contribution in [0.3, 0.4) is 0 Å². The minimum atomic E-state index is 0.268. The van der Waals surface area contributed by atoms with E-state index in [4.69, 9.17) is 0 Å². The molecule has 0 saturated heterocycles. The topological polar surface area (TPSA) is 56.2 Å². The third-order valence-corrected chi connectivity index (χ3v) is 5.18. The molecule has 0 amide bonds. The van der Waals surface area contributed by atoms with Crippen molar-refractivity contribution in [2.45, 2.75) is 0 Å². The van der Waals surface area contributed by atoms with Gasteiger partial charge in [0.2, 0.25) is 0 Å². The fourth-order valence-electron chi connectivity index (χ4n) is 3.16. The Morgan fingerprint density at radius 1 is 0.607 bits per heavy atom. The quantitative estimate of drug-likeness (QED) is 0.271. The normalized spacial score (nSPS) is 10.6. The van der Waals surface area contributed by atoms with Crippen LogP contribution in [0.5, 0.6) is 11.5 Å². The van der Waals surface area contributed by atoms with Gasteiger partial charge in [0.05, 0.1) is 9.99 Å². The smallest absolute Gasteiger partial charge is 0.129 e. The van der Waals surface area contributed by atoms with Gasteiger partial charge in [-0.1, -0.05) is 54.6 Å². The van der Waals surface area contributed by atoms with Gasteiger partial charge < -0.3 is 15.2 Å². The Morgan fingerprint density at radius 3 is 2.11 bits per heavy atom. The van der Waals surface area contributed by atoms with E-state index in [1.807, 2.05) is 66.7 Å². The first-order valence-electron chi connectivity index (χ1n) is 8.85. The van der Waals surface area contributed by atoms with Crippen molar-refractivity contribution in [3.8, 4) is 22.6 Å². The van der Waals surface area contributed by atoms with E-state index in [-0.39, 0.29) is 5.75 Å². The average Bonchev–Trinajstić information content (AvgIpc) is 3.08. The largest absolute Gasteiger partial charge is 0.508 e. The number of rotatable bonds is 1. The highest BCUT2D eigenvalue weighted by Gasteiger charge is 2.03. The zero-order chi connectivity index (χ0) is 19.5. The molecule has 5 rings (SSSR count). The number of nitrogens with one attached hydrogen (secondary N) is 1. The summed E-state index contributed by atoms with van der Waals surface area (Å²) in [5, 5.41) is 21.0. The van der Waals surface area contributed by atoms with Gasteiger partial charge in [-0.05, 0) is 57.4 Å². The summed E-state index contributed by atoms with van der Waals surface area (Å²) in [6.07, 6.45) is 0. The van der Waals surface area contributed by atoms with Crippen LogP contribution in [-0.4, -0.2) is 15.2 Å². The van der Waals surface area contributed by atoms with Crippen LogP contribution in [0.2, 0.25) is 0 Å². The van der Waals surface area contributed by atoms with Gasteiger partial charge in [-0.2, -0.15) is 0 Å². The van der Waals surface area contributed by atoms with Crippen molar-refractivity contribution in [3.05, 3.63) is 95.5 Å². The third kappa shape index (κ3) is 3.73. The Balaban J connectivity index is 0.000000137. The van der Waals surface area contributed by atoms with E-state index in [9.17, 15) is 10.2 Å². The van der Waals surface area contributed by atoms with Gasteiger partial charge >= 0.3 is 0 Å². The van der Waals surface area contributed by atoms with Crippen molar-refractivity contribution in [3.63, 3.8) is 0 Å². The highest BCUT2D eigenvalue weighted by molar-refractivity contribution is 9.10. The van der Waals surface area contributed by atoms with Crippen molar-refractivity contribution in [1.82, 2.24) is 4.98 Å². The highest BCUT2D eigenvalue weighted by Crippen LogP contribution is 2.29. The molecule has 138 valence electrons. The van der Waals surface area contributed by atoms with Crippen LogP contribution in [-0.2, 0) is 0 Å². The van der Waals surface area contributed by atoms with E-state index in [1.54, 1.807) is 18.2 Å². The van der Waals surface area contributed by atoms with E-state index in [1.165, 1.54) is 5.39 Å². The highest BCUT2D eigenvalue weighted by atomic mass is 79.9. The van der Waals surface area contributed by atoms with E-state index in [0.29, 0.717) is 5.75 Å². The maximum absolute atomic E-state index is 9.34. The van der Waals surface area contributed by atoms with Gasteiger partial charge in [-0.25, -0.2) is 0 Å². The molecule has 3 nitrogen and oxygen atoms in total. The van der Waals surface area contributed by atoms with Gasteiger partial charge in [0.1, 0.15) is 11.5 Å². The number of phenols is 2. The maximum atomic E-state index is 9.34. The molecular formula is C24H18BrNO2. The van der Waals surface area contributed by atoms with Crippen LogP contribution < -0.4 is 0 Å². The maximum Gasteiger partial charge on any atom is 0.129 e. The van der Waals surface area contributed by atoms with Crippen LogP contribution in [0.25, 0.3) is 32.9 Å². The number of aromatic hydroxyl groups is 2. The molecule has 1 heterocycles. The van der Waals surface area contributed by atoms with Crippen molar-refractivity contribution in [2.24, 2.45) is 0 Å². The number of H-pyrrole nitrogens is 1. The van der Waals surface area contributed by atoms with Crippen molar-refractivity contribution in [2.75, 3.05) is 0 Å². The number of fused-ring (bicyclic) bond motifs is 3. The number of para-hydroxylation sites is 1. The zero-order valence-electron chi connectivity index (χ0n) is 14.9. The average molecular weight is 432 g/mol. The summed E-state index contributed by atoms with van der Waals surface area (Å²) < 4.78 is 0.721. The molecule has 0 aliphatic heterocycles. The molecule has 0 bridgehead atoms. The SMILES string of the molecule is Oc1ccc(-c2ccccc2)cc1Br.Oc1ccc2c(c1)[nH]c1ccccc12. The Hall–Kier alpha value is -3.24. The minimum Gasteiger partial charge on any atom is -0.508 e. The molecular weight excluding hydrogens is 414 g/mol. The molecule has 0 fully saturated rings. The van der Waals surface area contributed by atoms with E-state index < -0.39 is 0 Å². The first-order chi connectivity index (χ1) is 13.6. The Morgan fingerprint density at radius 2 is 1.32 bits per heavy atom. The molecule has 0 spiro atoms. The standard InChI is InChI=1S/C12H9BrO.C12H9NO/c13-11-8-10(6-7-12(11)14)9-4-2-1-3-5-9;14-8-5-6-10-9-3-1-2-4-11(9)13-12(10)7-8/h1-8,14H;1-7,13-14H. The van der Waals surface area contributed by atoms with E-state index >= 15 is 0 Å². The molecule has 28 heavy (non-hydrogen) atoms. The molecule has 0 atom stereocenters. The fraction of sp³-hybridized carbons (Fsp3) is 0. The number of aromatic amines is 1.